The standard InChI is InChI=1S/C15H18N2O/c1-10-4-3-5-11(2)15(10)13-8-17-14(18-13)9-16-12-6-7-12/h3-5,8,12,16H,6-7,9H2,1-2H3. The number of oxazole rings is 1. The third kappa shape index (κ3) is 2.31. The smallest absolute Gasteiger partial charge is 0.208 e. The largest absolute Gasteiger partial charge is 0.439 e. The number of aromatic nitrogens is 1. The lowest BCUT2D eigenvalue weighted by Crippen LogP contribution is -2.15. The second-order valence-electron chi connectivity index (χ2n) is 5.04. The van der Waals surface area contributed by atoms with Gasteiger partial charge in [0.25, 0.3) is 0 Å². The molecule has 94 valence electrons. The molecule has 3 nitrogen and oxygen atoms in total. The summed E-state index contributed by atoms with van der Waals surface area (Å²) in [6.45, 7) is 4.94. The van der Waals surface area contributed by atoms with Gasteiger partial charge in [0.2, 0.25) is 5.89 Å². The number of aryl methyl sites for hydroxylation is 2. The molecule has 1 fully saturated rings. The molecule has 0 aliphatic heterocycles. The van der Waals surface area contributed by atoms with Crippen molar-refractivity contribution in [3.05, 3.63) is 41.4 Å². The first-order valence-corrected chi connectivity index (χ1v) is 6.49. The topological polar surface area (TPSA) is 38.1 Å². The van der Waals surface area contributed by atoms with Gasteiger partial charge >= 0.3 is 0 Å². The van der Waals surface area contributed by atoms with Crippen LogP contribution in [0.2, 0.25) is 0 Å². The molecular formula is C15H18N2O. The first-order chi connectivity index (χ1) is 8.74. The number of hydrogen-bond acceptors (Lipinski definition) is 3. The molecule has 1 aliphatic rings. The van der Waals surface area contributed by atoms with Crippen LogP contribution in [0.3, 0.4) is 0 Å². The maximum Gasteiger partial charge on any atom is 0.208 e. The maximum atomic E-state index is 5.84. The quantitative estimate of drug-likeness (QED) is 0.894. The van der Waals surface area contributed by atoms with Crippen LogP contribution in [0.15, 0.2) is 28.8 Å². The van der Waals surface area contributed by atoms with Crippen LogP contribution in [0.25, 0.3) is 11.3 Å². The van der Waals surface area contributed by atoms with Crippen molar-refractivity contribution in [1.82, 2.24) is 10.3 Å². The van der Waals surface area contributed by atoms with Crippen LogP contribution in [-0.2, 0) is 6.54 Å². The van der Waals surface area contributed by atoms with E-state index in [4.69, 9.17) is 4.42 Å². The van der Waals surface area contributed by atoms with E-state index in [1.807, 2.05) is 6.20 Å². The van der Waals surface area contributed by atoms with Crippen molar-refractivity contribution in [1.29, 1.82) is 0 Å². The Balaban J connectivity index is 1.83. The summed E-state index contributed by atoms with van der Waals surface area (Å²) in [6.07, 6.45) is 4.40. The van der Waals surface area contributed by atoms with E-state index in [1.165, 1.54) is 29.5 Å². The number of rotatable bonds is 4. The average Bonchev–Trinajstić information content (AvgIpc) is 3.06. The van der Waals surface area contributed by atoms with Gasteiger partial charge in [0.05, 0.1) is 12.7 Å². The normalized spacial score (nSPS) is 15.0. The Morgan fingerprint density at radius 1 is 1.28 bits per heavy atom. The Morgan fingerprint density at radius 3 is 2.67 bits per heavy atom. The fraction of sp³-hybridized carbons (Fsp3) is 0.400. The minimum atomic E-state index is 0.681. The third-order valence-electron chi connectivity index (χ3n) is 3.40. The highest BCUT2D eigenvalue weighted by Crippen LogP contribution is 2.28. The predicted octanol–water partition coefficient (Wildman–Crippen LogP) is 3.21. The fourth-order valence-corrected chi connectivity index (χ4v) is 2.23. The fourth-order valence-electron chi connectivity index (χ4n) is 2.23. The lowest BCUT2D eigenvalue weighted by atomic mass is 10.0. The second kappa shape index (κ2) is 4.58. The SMILES string of the molecule is Cc1cccc(C)c1-c1cnc(CNC2CC2)o1. The molecule has 0 bridgehead atoms. The molecule has 1 aliphatic carbocycles. The first-order valence-electron chi connectivity index (χ1n) is 6.49. The van der Waals surface area contributed by atoms with E-state index in [9.17, 15) is 0 Å². The van der Waals surface area contributed by atoms with Crippen molar-refractivity contribution >= 4 is 0 Å². The zero-order valence-electron chi connectivity index (χ0n) is 10.9. The Kier molecular flexibility index (Phi) is 2.92. The van der Waals surface area contributed by atoms with Gasteiger partial charge in [0.15, 0.2) is 5.76 Å². The maximum absolute atomic E-state index is 5.84. The monoisotopic (exact) mass is 242 g/mol. The number of nitrogens with zero attached hydrogens (tertiary/aromatic N) is 1. The van der Waals surface area contributed by atoms with E-state index < -0.39 is 0 Å². The van der Waals surface area contributed by atoms with E-state index in [-0.39, 0.29) is 0 Å². The minimum absolute atomic E-state index is 0.681. The van der Waals surface area contributed by atoms with Crippen molar-refractivity contribution in [2.45, 2.75) is 39.3 Å². The van der Waals surface area contributed by atoms with E-state index in [0.717, 1.165) is 18.2 Å². The molecule has 0 radical (unpaired) electrons. The van der Waals surface area contributed by atoms with Gasteiger partial charge in [-0.1, -0.05) is 18.2 Å². The van der Waals surface area contributed by atoms with Crippen LogP contribution in [0, 0.1) is 13.8 Å². The van der Waals surface area contributed by atoms with Gasteiger partial charge in [0, 0.05) is 11.6 Å². The molecule has 1 N–H and O–H groups in total. The summed E-state index contributed by atoms with van der Waals surface area (Å²) in [6, 6.07) is 6.96. The Hall–Kier alpha value is -1.61. The van der Waals surface area contributed by atoms with Crippen LogP contribution in [0.4, 0.5) is 0 Å². The molecule has 3 heteroatoms. The Bertz CT molecular complexity index is 535. The molecule has 3 rings (SSSR count). The van der Waals surface area contributed by atoms with Crippen molar-refractivity contribution in [2.75, 3.05) is 0 Å². The zero-order chi connectivity index (χ0) is 12.5. The summed E-state index contributed by atoms with van der Waals surface area (Å²) in [7, 11) is 0. The van der Waals surface area contributed by atoms with Gasteiger partial charge in [-0.3, -0.25) is 0 Å². The number of hydrogen-bond donors (Lipinski definition) is 1. The summed E-state index contributed by atoms with van der Waals surface area (Å²) in [5.41, 5.74) is 3.63. The molecule has 0 spiro atoms. The predicted molar refractivity (Wildman–Crippen MR) is 71.3 cm³/mol. The van der Waals surface area contributed by atoms with E-state index in [2.05, 4.69) is 42.3 Å². The van der Waals surface area contributed by atoms with Gasteiger partial charge in [0.1, 0.15) is 0 Å². The molecular weight excluding hydrogens is 224 g/mol. The van der Waals surface area contributed by atoms with Crippen LogP contribution in [0.5, 0.6) is 0 Å². The Morgan fingerprint density at radius 2 is 2.00 bits per heavy atom. The van der Waals surface area contributed by atoms with Gasteiger partial charge in [-0.05, 0) is 37.8 Å². The summed E-state index contributed by atoms with van der Waals surface area (Å²) in [5, 5.41) is 3.41. The molecule has 0 saturated heterocycles. The van der Waals surface area contributed by atoms with Crippen molar-refractivity contribution in [2.24, 2.45) is 0 Å². The molecule has 18 heavy (non-hydrogen) atoms. The minimum Gasteiger partial charge on any atom is -0.439 e. The average molecular weight is 242 g/mol. The van der Waals surface area contributed by atoms with Crippen molar-refractivity contribution < 1.29 is 4.42 Å². The summed E-state index contributed by atoms with van der Waals surface area (Å²) in [4.78, 5) is 4.35. The highest BCUT2D eigenvalue weighted by atomic mass is 16.4. The van der Waals surface area contributed by atoms with E-state index in [1.54, 1.807) is 0 Å². The van der Waals surface area contributed by atoms with Gasteiger partial charge in [-0.25, -0.2) is 4.98 Å². The van der Waals surface area contributed by atoms with Gasteiger partial charge < -0.3 is 9.73 Å². The number of nitrogens with one attached hydrogen (secondary N) is 1. The second-order valence-corrected chi connectivity index (χ2v) is 5.04. The van der Waals surface area contributed by atoms with Gasteiger partial charge in [-0.2, -0.15) is 0 Å². The van der Waals surface area contributed by atoms with Crippen LogP contribution >= 0.6 is 0 Å². The summed E-state index contributed by atoms with van der Waals surface area (Å²) < 4.78 is 5.84. The van der Waals surface area contributed by atoms with E-state index >= 15 is 0 Å². The van der Waals surface area contributed by atoms with Gasteiger partial charge in [-0.15, -0.1) is 0 Å². The van der Waals surface area contributed by atoms with Crippen LogP contribution in [0.1, 0.15) is 29.9 Å². The molecule has 0 atom stereocenters. The first kappa shape index (κ1) is 11.5. The lowest BCUT2D eigenvalue weighted by Gasteiger charge is -2.05. The molecule has 0 amide bonds. The number of benzene rings is 1. The van der Waals surface area contributed by atoms with Crippen LogP contribution in [-0.4, -0.2) is 11.0 Å². The molecule has 2 aromatic rings. The van der Waals surface area contributed by atoms with Crippen molar-refractivity contribution in [3.63, 3.8) is 0 Å². The highest BCUT2D eigenvalue weighted by Gasteiger charge is 2.21. The molecule has 1 heterocycles. The molecule has 1 saturated carbocycles. The third-order valence-corrected chi connectivity index (χ3v) is 3.40. The molecule has 0 unspecified atom stereocenters. The Labute approximate surface area is 107 Å². The summed E-state index contributed by atoms with van der Waals surface area (Å²) >= 11 is 0. The lowest BCUT2D eigenvalue weighted by molar-refractivity contribution is 0.476. The summed E-state index contributed by atoms with van der Waals surface area (Å²) in [5.74, 6) is 1.65. The molecule has 1 aromatic heterocycles. The molecule has 1 aromatic carbocycles. The van der Waals surface area contributed by atoms with Crippen LogP contribution < -0.4 is 5.32 Å². The van der Waals surface area contributed by atoms with Crippen molar-refractivity contribution in [3.8, 4) is 11.3 Å². The van der Waals surface area contributed by atoms with E-state index in [0.29, 0.717) is 6.04 Å². The zero-order valence-corrected chi connectivity index (χ0v) is 10.9. The highest BCUT2D eigenvalue weighted by molar-refractivity contribution is 5.65.